The van der Waals surface area contributed by atoms with Gasteiger partial charge < -0.3 is 18.9 Å². The van der Waals surface area contributed by atoms with E-state index in [2.05, 4.69) is 15.3 Å². The zero-order chi connectivity index (χ0) is 20.4. The second-order valence-electron chi connectivity index (χ2n) is 6.95. The lowest BCUT2D eigenvalue weighted by molar-refractivity contribution is 0.0946. The maximum absolute atomic E-state index is 12.4. The highest BCUT2D eigenvalue weighted by Crippen LogP contribution is 2.16. The number of benzene rings is 1. The summed E-state index contributed by atoms with van der Waals surface area (Å²) in [6.45, 7) is 6.31. The highest BCUT2D eigenvalue weighted by atomic mass is 16.5. The Hall–Kier alpha value is -3.61. The molecular weight excluding hydrogens is 368 g/mol. The van der Waals surface area contributed by atoms with E-state index in [1.165, 1.54) is 0 Å². The number of rotatable bonds is 6. The number of carbonyl (C=O) groups excluding carboxylic acids is 1. The monoisotopic (exact) mass is 390 g/mol. The van der Waals surface area contributed by atoms with Crippen LogP contribution in [-0.4, -0.2) is 20.3 Å². The molecule has 0 aliphatic carbocycles. The number of nitrogens with one attached hydrogen (secondary N) is 1. The van der Waals surface area contributed by atoms with Crippen LogP contribution in [0.2, 0.25) is 0 Å². The molecule has 29 heavy (non-hydrogen) atoms. The number of ether oxygens (including phenoxy) is 1. The van der Waals surface area contributed by atoms with Crippen LogP contribution in [0.25, 0.3) is 5.65 Å². The van der Waals surface area contributed by atoms with E-state index in [0.29, 0.717) is 23.8 Å². The van der Waals surface area contributed by atoms with Gasteiger partial charge in [0.1, 0.15) is 23.8 Å². The summed E-state index contributed by atoms with van der Waals surface area (Å²) in [6.07, 6.45) is 3.97. The van der Waals surface area contributed by atoms with Crippen molar-refractivity contribution in [2.75, 3.05) is 0 Å². The van der Waals surface area contributed by atoms with Crippen LogP contribution in [-0.2, 0) is 13.2 Å². The van der Waals surface area contributed by atoms with Crippen LogP contribution in [0.4, 0.5) is 0 Å². The Kier molecular flexibility index (Phi) is 5.03. The first-order chi connectivity index (χ1) is 14.0. The second kappa shape index (κ2) is 7.79. The van der Waals surface area contributed by atoms with Crippen molar-refractivity contribution in [1.82, 2.24) is 19.7 Å². The number of hydrogen-bond acceptors (Lipinski definition) is 5. The first-order valence-electron chi connectivity index (χ1n) is 9.36. The quantitative estimate of drug-likeness (QED) is 0.542. The SMILES string of the molecule is Cc1ccc2nc(COc3cccc(C(=O)NCc4nc(C)c(C)o4)c3)cn2c1. The topological polar surface area (TPSA) is 81.7 Å². The molecule has 0 bridgehead atoms. The van der Waals surface area contributed by atoms with Gasteiger partial charge in [-0.15, -0.1) is 0 Å². The molecule has 0 aliphatic heterocycles. The van der Waals surface area contributed by atoms with Crippen molar-refractivity contribution in [2.45, 2.75) is 33.9 Å². The summed E-state index contributed by atoms with van der Waals surface area (Å²) in [7, 11) is 0. The smallest absolute Gasteiger partial charge is 0.251 e. The first-order valence-corrected chi connectivity index (χ1v) is 9.36. The summed E-state index contributed by atoms with van der Waals surface area (Å²) in [5.41, 5.74) is 4.19. The maximum atomic E-state index is 12.4. The molecule has 1 amide bonds. The molecule has 0 atom stereocenters. The molecule has 0 saturated carbocycles. The number of imidazole rings is 1. The van der Waals surface area contributed by atoms with Crippen molar-refractivity contribution in [2.24, 2.45) is 0 Å². The number of hydrogen-bond donors (Lipinski definition) is 1. The average molecular weight is 390 g/mol. The number of nitrogens with zero attached hydrogens (tertiary/aromatic N) is 3. The number of fused-ring (bicyclic) bond motifs is 1. The molecule has 148 valence electrons. The van der Waals surface area contributed by atoms with E-state index in [0.717, 1.165) is 28.4 Å². The van der Waals surface area contributed by atoms with Gasteiger partial charge in [0, 0.05) is 18.0 Å². The Bertz CT molecular complexity index is 1160. The molecule has 0 radical (unpaired) electrons. The van der Waals surface area contributed by atoms with Gasteiger partial charge in [-0.2, -0.15) is 0 Å². The average Bonchev–Trinajstić information content (AvgIpc) is 3.26. The van der Waals surface area contributed by atoms with Crippen molar-refractivity contribution in [1.29, 1.82) is 0 Å². The van der Waals surface area contributed by atoms with Gasteiger partial charge in [0.25, 0.3) is 5.91 Å². The van der Waals surface area contributed by atoms with E-state index in [1.807, 2.05) is 55.8 Å². The third kappa shape index (κ3) is 4.29. The Morgan fingerprint density at radius 3 is 2.79 bits per heavy atom. The zero-order valence-corrected chi connectivity index (χ0v) is 16.6. The Morgan fingerprint density at radius 1 is 1.14 bits per heavy atom. The molecule has 1 N–H and O–H groups in total. The second-order valence-corrected chi connectivity index (χ2v) is 6.95. The number of amides is 1. The lowest BCUT2D eigenvalue weighted by Gasteiger charge is -2.07. The van der Waals surface area contributed by atoms with Crippen molar-refractivity contribution >= 4 is 11.6 Å². The molecule has 0 aliphatic rings. The predicted molar refractivity (Wildman–Crippen MR) is 108 cm³/mol. The zero-order valence-electron chi connectivity index (χ0n) is 16.6. The Labute approximate surface area is 168 Å². The molecule has 4 rings (SSSR count). The van der Waals surface area contributed by atoms with E-state index in [9.17, 15) is 4.79 Å². The molecule has 7 heteroatoms. The number of aromatic nitrogens is 3. The van der Waals surface area contributed by atoms with Gasteiger partial charge in [0.2, 0.25) is 5.89 Å². The Morgan fingerprint density at radius 2 is 2.00 bits per heavy atom. The lowest BCUT2D eigenvalue weighted by Crippen LogP contribution is -2.22. The van der Waals surface area contributed by atoms with Crippen molar-refractivity contribution in [3.8, 4) is 5.75 Å². The van der Waals surface area contributed by atoms with E-state index in [1.54, 1.807) is 18.2 Å². The lowest BCUT2D eigenvalue weighted by atomic mass is 10.2. The van der Waals surface area contributed by atoms with Crippen LogP contribution in [0.1, 0.15) is 39.0 Å². The number of aryl methyl sites for hydroxylation is 3. The van der Waals surface area contributed by atoms with E-state index in [4.69, 9.17) is 9.15 Å². The fourth-order valence-corrected chi connectivity index (χ4v) is 2.98. The molecule has 4 aromatic rings. The number of oxazole rings is 1. The minimum Gasteiger partial charge on any atom is -0.487 e. The highest BCUT2D eigenvalue weighted by Gasteiger charge is 2.11. The fraction of sp³-hybridized carbons (Fsp3) is 0.227. The Balaban J connectivity index is 1.38. The van der Waals surface area contributed by atoms with Gasteiger partial charge in [0.15, 0.2) is 0 Å². The summed E-state index contributed by atoms with van der Waals surface area (Å²) in [6, 6.07) is 11.0. The summed E-state index contributed by atoms with van der Waals surface area (Å²) in [5, 5.41) is 2.81. The van der Waals surface area contributed by atoms with Crippen LogP contribution >= 0.6 is 0 Å². The summed E-state index contributed by atoms with van der Waals surface area (Å²) in [4.78, 5) is 21.2. The molecule has 0 spiro atoms. The number of carbonyl (C=O) groups is 1. The van der Waals surface area contributed by atoms with Crippen LogP contribution in [0, 0.1) is 20.8 Å². The molecule has 1 aromatic carbocycles. The largest absolute Gasteiger partial charge is 0.487 e. The molecule has 3 aromatic heterocycles. The van der Waals surface area contributed by atoms with Crippen molar-refractivity contribution in [3.63, 3.8) is 0 Å². The fourth-order valence-electron chi connectivity index (χ4n) is 2.98. The molecule has 0 unspecified atom stereocenters. The minimum atomic E-state index is -0.216. The molecule has 0 saturated heterocycles. The van der Waals surface area contributed by atoms with Crippen LogP contribution in [0.15, 0.2) is 53.2 Å². The normalized spacial score (nSPS) is 11.0. The van der Waals surface area contributed by atoms with Crippen molar-refractivity contribution in [3.05, 3.63) is 83.0 Å². The van der Waals surface area contributed by atoms with Gasteiger partial charge in [-0.3, -0.25) is 4.79 Å². The van der Waals surface area contributed by atoms with E-state index < -0.39 is 0 Å². The van der Waals surface area contributed by atoms with Crippen LogP contribution in [0.3, 0.4) is 0 Å². The van der Waals surface area contributed by atoms with E-state index >= 15 is 0 Å². The molecule has 3 heterocycles. The highest BCUT2D eigenvalue weighted by molar-refractivity contribution is 5.94. The van der Waals surface area contributed by atoms with Gasteiger partial charge in [-0.05, 0) is 50.6 Å². The third-order valence-corrected chi connectivity index (χ3v) is 4.60. The third-order valence-electron chi connectivity index (χ3n) is 4.60. The van der Waals surface area contributed by atoms with Crippen LogP contribution < -0.4 is 10.1 Å². The first kappa shape index (κ1) is 18.7. The molecule has 0 fully saturated rings. The predicted octanol–water partition coefficient (Wildman–Crippen LogP) is 3.76. The van der Waals surface area contributed by atoms with Gasteiger partial charge in [0.05, 0.1) is 17.9 Å². The van der Waals surface area contributed by atoms with Crippen molar-refractivity contribution < 1.29 is 13.9 Å². The summed E-state index contributed by atoms with van der Waals surface area (Å²) in [5.74, 6) is 1.63. The van der Waals surface area contributed by atoms with Gasteiger partial charge in [-0.25, -0.2) is 9.97 Å². The maximum Gasteiger partial charge on any atom is 0.251 e. The standard InChI is InChI=1S/C22H22N4O3/c1-14-7-8-20-25-18(12-26(20)11-14)13-28-19-6-4-5-17(9-19)22(27)23-10-21-24-15(2)16(3)29-21/h4-9,11-12H,10,13H2,1-3H3,(H,23,27). The van der Waals surface area contributed by atoms with E-state index in [-0.39, 0.29) is 12.5 Å². The summed E-state index contributed by atoms with van der Waals surface area (Å²) >= 11 is 0. The van der Waals surface area contributed by atoms with Gasteiger partial charge >= 0.3 is 0 Å². The summed E-state index contributed by atoms with van der Waals surface area (Å²) < 4.78 is 13.3. The van der Waals surface area contributed by atoms with Crippen LogP contribution in [0.5, 0.6) is 5.75 Å². The number of pyridine rings is 1. The molecule has 7 nitrogen and oxygen atoms in total. The van der Waals surface area contributed by atoms with Gasteiger partial charge in [-0.1, -0.05) is 12.1 Å². The molecular formula is C22H22N4O3. The minimum absolute atomic E-state index is 0.216.